The zero-order valence-electron chi connectivity index (χ0n) is 14.4. The fourth-order valence-corrected chi connectivity index (χ4v) is 5.29. The Morgan fingerprint density at radius 2 is 2.19 bits per heavy atom. The fraction of sp³-hybridized carbons (Fsp3) is 0.412. The van der Waals surface area contributed by atoms with E-state index in [1.165, 1.54) is 27.7 Å². The van der Waals surface area contributed by atoms with Crippen molar-refractivity contribution >= 4 is 40.0 Å². The molecule has 5 nitrogen and oxygen atoms in total. The van der Waals surface area contributed by atoms with E-state index in [0.29, 0.717) is 42.7 Å². The molecular formula is C17H20ClF2N3O2S2. The van der Waals surface area contributed by atoms with Gasteiger partial charge in [-0.2, -0.15) is 0 Å². The summed E-state index contributed by atoms with van der Waals surface area (Å²) >= 11 is 0. The van der Waals surface area contributed by atoms with Crippen molar-refractivity contribution in [1.29, 1.82) is 0 Å². The Morgan fingerprint density at radius 3 is 2.89 bits per heavy atom. The molecule has 3 rings (SSSR count). The predicted octanol–water partition coefficient (Wildman–Crippen LogP) is 3.99. The Hall–Kier alpha value is -1.29. The molecule has 0 saturated heterocycles. The van der Waals surface area contributed by atoms with E-state index in [0.717, 1.165) is 16.9 Å². The van der Waals surface area contributed by atoms with Gasteiger partial charge in [0.25, 0.3) is 0 Å². The highest BCUT2D eigenvalue weighted by molar-refractivity contribution is 8.76. The largest absolute Gasteiger partial charge is 0.481 e. The second kappa shape index (κ2) is 9.77. The molecule has 27 heavy (non-hydrogen) atoms. The van der Waals surface area contributed by atoms with Crippen molar-refractivity contribution in [2.75, 3.05) is 5.75 Å². The molecule has 1 unspecified atom stereocenters. The maximum atomic E-state index is 14.0. The standard InChI is InChI=1S/C17H19F2N3O2S2.ClH/c18-11-5-10-6-12(1-2-14(10)15(19)7-11)22-13(8-20)9-21-17(22)26-25-4-3-16(23)24;/h5,7,9,12H,1-4,6,8,20H2,(H,23,24);1H. The third kappa shape index (κ3) is 5.16. The van der Waals surface area contributed by atoms with Crippen LogP contribution in [0.2, 0.25) is 0 Å². The molecular weight excluding hydrogens is 416 g/mol. The number of hydrogen-bond donors (Lipinski definition) is 2. The monoisotopic (exact) mass is 435 g/mol. The molecule has 1 aromatic heterocycles. The number of carboxylic acid groups (broad SMARTS) is 1. The van der Waals surface area contributed by atoms with E-state index in [1.54, 1.807) is 6.20 Å². The Labute approximate surface area is 169 Å². The van der Waals surface area contributed by atoms with Gasteiger partial charge in [0.05, 0.1) is 18.3 Å². The summed E-state index contributed by atoms with van der Waals surface area (Å²) in [6, 6.07) is 2.35. The smallest absolute Gasteiger partial charge is 0.304 e. The molecule has 3 N–H and O–H groups in total. The van der Waals surface area contributed by atoms with E-state index in [-0.39, 0.29) is 24.9 Å². The van der Waals surface area contributed by atoms with Gasteiger partial charge in [0.15, 0.2) is 5.16 Å². The highest BCUT2D eigenvalue weighted by atomic mass is 35.5. The number of aliphatic carboxylic acids is 1. The van der Waals surface area contributed by atoms with Crippen LogP contribution in [0.15, 0.2) is 23.5 Å². The van der Waals surface area contributed by atoms with Gasteiger partial charge in [-0.15, -0.1) is 12.4 Å². The van der Waals surface area contributed by atoms with E-state index in [9.17, 15) is 13.6 Å². The Bertz CT molecular complexity index is 820. The minimum Gasteiger partial charge on any atom is -0.481 e. The van der Waals surface area contributed by atoms with Crippen molar-refractivity contribution in [3.8, 4) is 0 Å². The molecule has 0 amide bonds. The molecule has 0 spiro atoms. The molecule has 1 heterocycles. The van der Waals surface area contributed by atoms with Crippen LogP contribution in [-0.2, 0) is 24.2 Å². The van der Waals surface area contributed by atoms with Crippen LogP contribution < -0.4 is 5.73 Å². The number of nitrogens with two attached hydrogens (primary N) is 1. The van der Waals surface area contributed by atoms with Gasteiger partial charge in [-0.25, -0.2) is 13.8 Å². The van der Waals surface area contributed by atoms with Gasteiger partial charge in [0, 0.05) is 24.4 Å². The summed E-state index contributed by atoms with van der Waals surface area (Å²) in [4.78, 5) is 15.0. The Morgan fingerprint density at radius 1 is 1.41 bits per heavy atom. The van der Waals surface area contributed by atoms with Crippen LogP contribution in [0.3, 0.4) is 0 Å². The average Bonchev–Trinajstić information content (AvgIpc) is 3.00. The summed E-state index contributed by atoms with van der Waals surface area (Å²) < 4.78 is 29.6. The lowest BCUT2D eigenvalue weighted by Gasteiger charge is -2.28. The molecule has 10 heteroatoms. The number of aromatic nitrogens is 2. The molecule has 0 saturated carbocycles. The highest BCUT2D eigenvalue weighted by Crippen LogP contribution is 2.37. The van der Waals surface area contributed by atoms with E-state index >= 15 is 0 Å². The van der Waals surface area contributed by atoms with Crippen LogP contribution in [0.1, 0.15) is 35.7 Å². The van der Waals surface area contributed by atoms with Gasteiger partial charge in [-0.1, -0.05) is 10.8 Å². The summed E-state index contributed by atoms with van der Waals surface area (Å²) in [7, 11) is 2.83. The minimum absolute atomic E-state index is 0. The number of nitrogens with zero attached hydrogens (tertiary/aromatic N) is 2. The number of hydrogen-bond acceptors (Lipinski definition) is 5. The topological polar surface area (TPSA) is 81.1 Å². The number of halogens is 3. The number of fused-ring (bicyclic) bond motifs is 1. The molecule has 1 atom stereocenters. The summed E-state index contributed by atoms with van der Waals surface area (Å²) in [6.45, 7) is 0.314. The fourth-order valence-electron chi connectivity index (χ4n) is 3.21. The molecule has 2 aromatic rings. The maximum absolute atomic E-state index is 14.0. The lowest BCUT2D eigenvalue weighted by Crippen LogP contribution is -2.22. The number of benzene rings is 1. The molecule has 1 aromatic carbocycles. The minimum atomic E-state index is -0.836. The average molecular weight is 436 g/mol. The maximum Gasteiger partial charge on any atom is 0.304 e. The highest BCUT2D eigenvalue weighted by Gasteiger charge is 2.26. The molecule has 0 aliphatic heterocycles. The Balaban J connectivity index is 0.00000261. The van der Waals surface area contributed by atoms with Crippen LogP contribution in [0.5, 0.6) is 0 Å². The number of carbonyl (C=O) groups is 1. The van der Waals surface area contributed by atoms with Gasteiger partial charge in [-0.3, -0.25) is 4.79 Å². The molecule has 148 valence electrons. The SMILES string of the molecule is Cl.NCc1cnc(SSCCC(=O)O)n1C1CCc2c(F)cc(F)cc2C1. The molecule has 0 radical (unpaired) electrons. The van der Waals surface area contributed by atoms with Gasteiger partial charge in [0.2, 0.25) is 0 Å². The lowest BCUT2D eigenvalue weighted by atomic mass is 9.87. The summed E-state index contributed by atoms with van der Waals surface area (Å²) in [5, 5.41) is 9.47. The van der Waals surface area contributed by atoms with Crippen molar-refractivity contribution in [2.24, 2.45) is 5.73 Å². The zero-order chi connectivity index (χ0) is 18.7. The third-order valence-corrected chi connectivity index (χ3v) is 6.62. The summed E-state index contributed by atoms with van der Waals surface area (Å²) in [6.07, 6.45) is 3.55. The van der Waals surface area contributed by atoms with Gasteiger partial charge < -0.3 is 15.4 Å². The van der Waals surface area contributed by atoms with Gasteiger partial charge in [0.1, 0.15) is 11.6 Å². The molecule has 1 aliphatic rings. The van der Waals surface area contributed by atoms with E-state index < -0.39 is 17.6 Å². The van der Waals surface area contributed by atoms with Crippen molar-refractivity contribution < 1.29 is 18.7 Å². The van der Waals surface area contributed by atoms with Crippen LogP contribution >= 0.6 is 34.0 Å². The molecule has 0 bridgehead atoms. The second-order valence-electron chi connectivity index (χ2n) is 6.08. The van der Waals surface area contributed by atoms with E-state index in [1.807, 2.05) is 4.57 Å². The van der Waals surface area contributed by atoms with Crippen molar-refractivity contribution in [3.05, 3.63) is 46.8 Å². The second-order valence-corrected chi connectivity index (χ2v) is 8.46. The first-order chi connectivity index (χ1) is 12.5. The third-order valence-electron chi connectivity index (χ3n) is 4.38. The quantitative estimate of drug-likeness (QED) is 0.505. The van der Waals surface area contributed by atoms with Crippen LogP contribution in [0, 0.1) is 11.6 Å². The lowest BCUT2D eigenvalue weighted by molar-refractivity contribution is -0.136. The Kier molecular flexibility index (Phi) is 7.96. The predicted molar refractivity (Wildman–Crippen MR) is 105 cm³/mol. The van der Waals surface area contributed by atoms with Gasteiger partial charge >= 0.3 is 5.97 Å². The zero-order valence-corrected chi connectivity index (χ0v) is 16.8. The van der Waals surface area contributed by atoms with Crippen molar-refractivity contribution in [2.45, 2.75) is 43.4 Å². The van der Waals surface area contributed by atoms with Crippen molar-refractivity contribution in [3.63, 3.8) is 0 Å². The number of rotatable bonds is 7. The summed E-state index contributed by atoms with van der Waals surface area (Å²) in [5.74, 6) is -1.42. The van der Waals surface area contributed by atoms with Crippen LogP contribution in [-0.4, -0.2) is 26.4 Å². The van der Waals surface area contributed by atoms with Crippen LogP contribution in [0.4, 0.5) is 8.78 Å². The van der Waals surface area contributed by atoms with Crippen LogP contribution in [0.25, 0.3) is 0 Å². The molecule has 1 aliphatic carbocycles. The van der Waals surface area contributed by atoms with E-state index in [2.05, 4.69) is 4.98 Å². The number of carboxylic acids is 1. The molecule has 0 fully saturated rings. The summed E-state index contributed by atoms with van der Waals surface area (Å²) in [5.41, 5.74) is 7.96. The first kappa shape index (κ1) is 22.0. The van der Waals surface area contributed by atoms with Crippen molar-refractivity contribution in [1.82, 2.24) is 9.55 Å². The number of imidazole rings is 1. The van der Waals surface area contributed by atoms with E-state index in [4.69, 9.17) is 10.8 Å². The normalized spacial score (nSPS) is 15.9. The first-order valence-electron chi connectivity index (χ1n) is 8.23. The first-order valence-corrected chi connectivity index (χ1v) is 10.6. The van der Waals surface area contributed by atoms with Gasteiger partial charge in [-0.05, 0) is 47.2 Å².